The molecular formula is C21H33ClN4O4. The molecule has 8 nitrogen and oxygen atoms in total. The number of likely N-dealkylation sites (N-methyl/N-ethyl adjacent to an activating group) is 1. The first-order valence-electron chi connectivity index (χ1n) is 10.0. The number of rotatable bonds is 6. The lowest BCUT2D eigenvalue weighted by Gasteiger charge is -2.37. The fourth-order valence-electron chi connectivity index (χ4n) is 3.14. The van der Waals surface area contributed by atoms with Crippen molar-refractivity contribution in [1.82, 2.24) is 15.1 Å². The summed E-state index contributed by atoms with van der Waals surface area (Å²) < 4.78 is 11.0. The maximum Gasteiger partial charge on any atom is 0.410 e. The summed E-state index contributed by atoms with van der Waals surface area (Å²) in [6.07, 6.45) is -0.318. The van der Waals surface area contributed by atoms with E-state index in [-0.39, 0.29) is 12.0 Å². The second kappa shape index (κ2) is 10.2. The van der Waals surface area contributed by atoms with E-state index in [0.717, 1.165) is 12.2 Å². The van der Waals surface area contributed by atoms with Crippen LogP contribution >= 0.6 is 11.6 Å². The highest BCUT2D eigenvalue weighted by Gasteiger charge is 2.28. The summed E-state index contributed by atoms with van der Waals surface area (Å²) in [6.45, 7) is 8.98. The van der Waals surface area contributed by atoms with Crippen LogP contribution in [0.3, 0.4) is 0 Å². The van der Waals surface area contributed by atoms with Crippen LogP contribution in [0.2, 0.25) is 5.02 Å². The van der Waals surface area contributed by atoms with Crippen LogP contribution < -0.4 is 15.0 Å². The van der Waals surface area contributed by atoms with Crippen molar-refractivity contribution in [2.45, 2.75) is 26.4 Å². The minimum Gasteiger partial charge on any atom is -0.494 e. The van der Waals surface area contributed by atoms with Crippen LogP contribution in [-0.2, 0) is 4.74 Å². The number of methoxy groups -OCH3 is 1. The lowest BCUT2D eigenvalue weighted by Crippen LogP contribution is -2.50. The molecule has 0 aromatic heterocycles. The molecule has 0 radical (unpaired) electrons. The Kier molecular flexibility index (Phi) is 8.20. The Hall–Kier alpha value is -2.19. The normalized spacial score (nSPS) is 14.7. The van der Waals surface area contributed by atoms with Gasteiger partial charge in [-0.3, -0.25) is 4.79 Å². The number of hydrogen-bond donors (Lipinski definition) is 1. The number of piperazine rings is 1. The molecule has 1 aromatic rings. The Morgan fingerprint density at radius 2 is 1.80 bits per heavy atom. The van der Waals surface area contributed by atoms with E-state index >= 15 is 0 Å². The van der Waals surface area contributed by atoms with Gasteiger partial charge in [-0.25, -0.2) is 4.79 Å². The third-order valence-electron chi connectivity index (χ3n) is 4.60. The molecule has 2 amide bonds. The molecule has 168 valence electrons. The first kappa shape index (κ1) is 24.1. The summed E-state index contributed by atoms with van der Waals surface area (Å²) in [7, 11) is 5.43. The van der Waals surface area contributed by atoms with Crippen LogP contribution in [0, 0.1) is 0 Å². The SMILES string of the molecule is COc1c(C(=O)NCCN(C)C)cc(Cl)cc1N1CCN(C(=O)OC(C)(C)C)CC1. The van der Waals surface area contributed by atoms with Crippen molar-refractivity contribution >= 4 is 29.3 Å². The highest BCUT2D eigenvalue weighted by molar-refractivity contribution is 6.31. The van der Waals surface area contributed by atoms with Gasteiger partial charge < -0.3 is 29.5 Å². The zero-order valence-electron chi connectivity index (χ0n) is 18.7. The predicted octanol–water partition coefficient (Wildman–Crippen LogP) is 2.70. The van der Waals surface area contributed by atoms with Crippen LogP contribution in [0.25, 0.3) is 0 Å². The van der Waals surface area contributed by atoms with Gasteiger partial charge in [-0.15, -0.1) is 0 Å². The molecule has 9 heteroatoms. The summed E-state index contributed by atoms with van der Waals surface area (Å²) in [5, 5.41) is 3.36. The van der Waals surface area contributed by atoms with E-state index in [9.17, 15) is 9.59 Å². The van der Waals surface area contributed by atoms with E-state index in [1.807, 2.05) is 39.8 Å². The number of nitrogens with one attached hydrogen (secondary N) is 1. The van der Waals surface area contributed by atoms with E-state index in [1.165, 1.54) is 0 Å². The van der Waals surface area contributed by atoms with E-state index in [0.29, 0.717) is 49.1 Å². The molecule has 1 aromatic carbocycles. The van der Waals surface area contributed by atoms with Gasteiger partial charge in [-0.2, -0.15) is 0 Å². The van der Waals surface area contributed by atoms with Crippen molar-refractivity contribution < 1.29 is 19.1 Å². The summed E-state index contributed by atoms with van der Waals surface area (Å²) in [6, 6.07) is 3.41. The van der Waals surface area contributed by atoms with Gasteiger partial charge in [-0.05, 0) is 47.0 Å². The van der Waals surface area contributed by atoms with E-state index in [4.69, 9.17) is 21.1 Å². The van der Waals surface area contributed by atoms with Crippen molar-refractivity contribution in [2.75, 3.05) is 65.4 Å². The van der Waals surface area contributed by atoms with Crippen molar-refractivity contribution in [2.24, 2.45) is 0 Å². The standard InChI is InChI=1S/C21H33ClN4O4/c1-21(2,3)30-20(28)26-11-9-25(10-12-26)17-14-15(22)13-16(18(17)29-6)19(27)23-7-8-24(4)5/h13-14H,7-12H2,1-6H3,(H,23,27). The Morgan fingerprint density at radius 3 is 2.33 bits per heavy atom. The van der Waals surface area contributed by atoms with Gasteiger partial charge in [0.2, 0.25) is 0 Å². The van der Waals surface area contributed by atoms with Gasteiger partial charge in [0.1, 0.15) is 5.60 Å². The maximum absolute atomic E-state index is 12.7. The second-order valence-electron chi connectivity index (χ2n) is 8.52. The molecule has 30 heavy (non-hydrogen) atoms. The number of hydrogen-bond acceptors (Lipinski definition) is 6. The largest absolute Gasteiger partial charge is 0.494 e. The predicted molar refractivity (Wildman–Crippen MR) is 119 cm³/mol. The van der Waals surface area contributed by atoms with Crippen LogP contribution in [0.5, 0.6) is 5.75 Å². The fourth-order valence-corrected chi connectivity index (χ4v) is 3.35. The molecule has 0 unspecified atom stereocenters. The van der Waals surface area contributed by atoms with Crippen molar-refractivity contribution in [3.63, 3.8) is 0 Å². The number of ether oxygens (including phenoxy) is 2. The molecule has 0 bridgehead atoms. The van der Waals surface area contributed by atoms with Crippen molar-refractivity contribution in [1.29, 1.82) is 0 Å². The number of carbonyl (C=O) groups excluding carboxylic acids is 2. The molecule has 0 atom stereocenters. The molecule has 1 N–H and O–H groups in total. The van der Waals surface area contributed by atoms with Gasteiger partial charge in [0, 0.05) is 44.3 Å². The second-order valence-corrected chi connectivity index (χ2v) is 8.96. The van der Waals surface area contributed by atoms with Crippen LogP contribution in [0.1, 0.15) is 31.1 Å². The van der Waals surface area contributed by atoms with E-state index in [2.05, 4.69) is 10.2 Å². The lowest BCUT2D eigenvalue weighted by molar-refractivity contribution is 0.0240. The summed E-state index contributed by atoms with van der Waals surface area (Å²) in [4.78, 5) is 30.8. The Balaban J connectivity index is 2.13. The first-order chi connectivity index (χ1) is 14.0. The van der Waals surface area contributed by atoms with Gasteiger partial charge in [0.25, 0.3) is 5.91 Å². The molecule has 2 rings (SSSR count). The molecule has 1 saturated heterocycles. The number of carbonyl (C=O) groups is 2. The number of benzene rings is 1. The minimum absolute atomic E-state index is 0.232. The zero-order valence-corrected chi connectivity index (χ0v) is 19.5. The highest BCUT2D eigenvalue weighted by atomic mass is 35.5. The average Bonchev–Trinajstić information content (AvgIpc) is 2.65. The van der Waals surface area contributed by atoms with Crippen molar-refractivity contribution in [3.05, 3.63) is 22.7 Å². The van der Waals surface area contributed by atoms with Gasteiger partial charge >= 0.3 is 6.09 Å². The molecule has 1 aliphatic rings. The zero-order chi connectivity index (χ0) is 22.5. The van der Waals surface area contributed by atoms with Crippen LogP contribution in [0.15, 0.2) is 12.1 Å². The first-order valence-corrected chi connectivity index (χ1v) is 10.4. The van der Waals surface area contributed by atoms with E-state index < -0.39 is 5.60 Å². The molecule has 1 fully saturated rings. The molecule has 1 aliphatic heterocycles. The van der Waals surface area contributed by atoms with E-state index in [1.54, 1.807) is 24.1 Å². The Labute approximate surface area is 184 Å². The minimum atomic E-state index is -0.529. The average molecular weight is 441 g/mol. The number of amides is 2. The Bertz CT molecular complexity index is 756. The van der Waals surface area contributed by atoms with Crippen molar-refractivity contribution in [3.8, 4) is 5.75 Å². The molecule has 0 saturated carbocycles. The fraction of sp³-hybridized carbons (Fsp3) is 0.619. The van der Waals surface area contributed by atoms with Crippen LogP contribution in [-0.4, -0.2) is 87.9 Å². The molecule has 0 spiro atoms. The molecule has 0 aliphatic carbocycles. The number of halogens is 1. The third-order valence-corrected chi connectivity index (χ3v) is 4.82. The van der Waals surface area contributed by atoms with Crippen LogP contribution in [0.4, 0.5) is 10.5 Å². The monoisotopic (exact) mass is 440 g/mol. The van der Waals surface area contributed by atoms with Gasteiger partial charge in [0.05, 0.1) is 18.4 Å². The van der Waals surface area contributed by atoms with Gasteiger partial charge in [0.15, 0.2) is 5.75 Å². The highest BCUT2D eigenvalue weighted by Crippen LogP contribution is 2.36. The molecule has 1 heterocycles. The lowest BCUT2D eigenvalue weighted by atomic mass is 10.1. The summed E-state index contributed by atoms with van der Waals surface area (Å²) in [5.41, 5.74) is 0.610. The Morgan fingerprint density at radius 1 is 1.17 bits per heavy atom. The summed E-state index contributed by atoms with van der Waals surface area (Å²) >= 11 is 6.32. The quantitative estimate of drug-likeness (QED) is 0.733. The number of anilines is 1. The number of nitrogens with zero attached hydrogens (tertiary/aromatic N) is 3. The topological polar surface area (TPSA) is 74.4 Å². The van der Waals surface area contributed by atoms with Gasteiger partial charge in [-0.1, -0.05) is 11.6 Å². The third kappa shape index (κ3) is 6.67. The summed E-state index contributed by atoms with van der Waals surface area (Å²) in [5.74, 6) is 0.248. The maximum atomic E-state index is 12.7. The smallest absolute Gasteiger partial charge is 0.410 e. The molecular weight excluding hydrogens is 408 g/mol.